The van der Waals surface area contributed by atoms with Crippen molar-refractivity contribution in [3.63, 3.8) is 0 Å². The van der Waals surface area contributed by atoms with Gasteiger partial charge in [-0.25, -0.2) is 4.99 Å². The Kier molecular flexibility index (Phi) is 4.74. The van der Waals surface area contributed by atoms with Gasteiger partial charge in [-0.15, -0.1) is 0 Å². The zero-order valence-corrected chi connectivity index (χ0v) is 14.2. The molecule has 4 aliphatic carbocycles. The van der Waals surface area contributed by atoms with Gasteiger partial charge in [0, 0.05) is 19.3 Å². The predicted molar refractivity (Wildman–Crippen MR) is 84.7 cm³/mol. The molecule has 0 radical (unpaired) electrons. The van der Waals surface area contributed by atoms with Gasteiger partial charge in [0.15, 0.2) is 11.8 Å². The van der Waals surface area contributed by atoms with Crippen molar-refractivity contribution in [3.05, 3.63) is 0 Å². The lowest BCUT2D eigenvalue weighted by Gasteiger charge is -2.52. The van der Waals surface area contributed by atoms with Gasteiger partial charge in [-0.05, 0) is 50.9 Å². The maximum atomic E-state index is 12.1. The van der Waals surface area contributed by atoms with E-state index in [1.807, 2.05) is 0 Å². The molecule has 0 unspecified atom stereocenters. The minimum Gasteiger partial charge on any atom is -0.465 e. The van der Waals surface area contributed by atoms with Gasteiger partial charge in [0.2, 0.25) is 5.92 Å². The van der Waals surface area contributed by atoms with Crippen LogP contribution < -0.4 is 4.99 Å². The van der Waals surface area contributed by atoms with E-state index in [0.717, 1.165) is 37.0 Å². The first kappa shape index (κ1) is 16.5. The van der Waals surface area contributed by atoms with Crippen LogP contribution in [0.3, 0.4) is 0 Å². The molecule has 0 aliphatic heterocycles. The Balaban J connectivity index is 1.74. The predicted octanol–water partition coefficient (Wildman–Crippen LogP) is 0.849. The SMILES string of the molecule is CCOC(=O)C(C=[NH+]C12CC3CC(CC(C3)C1)C2)C(=O)OCC. The van der Waals surface area contributed by atoms with Crippen LogP contribution in [0.4, 0.5) is 0 Å². The lowest BCUT2D eigenvalue weighted by atomic mass is 9.53. The second-order valence-corrected chi connectivity index (χ2v) is 7.49. The van der Waals surface area contributed by atoms with E-state index in [0.29, 0.717) is 0 Å². The van der Waals surface area contributed by atoms with Crippen LogP contribution in [0.1, 0.15) is 52.4 Å². The van der Waals surface area contributed by atoms with E-state index in [1.165, 1.54) is 19.3 Å². The third-order valence-corrected chi connectivity index (χ3v) is 5.68. The summed E-state index contributed by atoms with van der Waals surface area (Å²) in [5, 5.41) is 0. The second-order valence-electron chi connectivity index (χ2n) is 7.49. The molecule has 4 fully saturated rings. The lowest BCUT2D eigenvalue weighted by Crippen LogP contribution is -2.89. The quantitative estimate of drug-likeness (QED) is 0.447. The molecule has 4 rings (SSSR count). The molecule has 4 bridgehead atoms. The normalized spacial score (nSPS) is 35.0. The number of hydrogen-bond acceptors (Lipinski definition) is 4. The second kappa shape index (κ2) is 6.62. The van der Waals surface area contributed by atoms with Crippen LogP contribution in [-0.2, 0) is 19.1 Å². The maximum absolute atomic E-state index is 12.1. The summed E-state index contributed by atoms with van der Waals surface area (Å²) in [7, 11) is 0. The minimum absolute atomic E-state index is 0.0754. The Morgan fingerprint density at radius 1 is 1.00 bits per heavy atom. The average Bonchev–Trinajstić information content (AvgIpc) is 2.46. The first-order chi connectivity index (χ1) is 11.0. The van der Waals surface area contributed by atoms with E-state index >= 15 is 0 Å². The Hall–Kier alpha value is -1.39. The van der Waals surface area contributed by atoms with Crippen molar-refractivity contribution in [1.82, 2.24) is 0 Å². The fourth-order valence-electron chi connectivity index (χ4n) is 5.24. The van der Waals surface area contributed by atoms with Gasteiger partial charge >= 0.3 is 11.9 Å². The van der Waals surface area contributed by atoms with E-state index in [-0.39, 0.29) is 18.8 Å². The maximum Gasteiger partial charge on any atom is 0.330 e. The molecule has 0 aromatic carbocycles. The molecule has 5 nitrogen and oxygen atoms in total. The Bertz CT molecular complexity index is 446. The van der Waals surface area contributed by atoms with Crippen molar-refractivity contribution < 1.29 is 24.1 Å². The zero-order chi connectivity index (χ0) is 16.4. The van der Waals surface area contributed by atoms with Gasteiger partial charge in [-0.1, -0.05) is 0 Å². The molecular weight excluding hydrogens is 294 g/mol. The summed E-state index contributed by atoms with van der Waals surface area (Å²) >= 11 is 0. The summed E-state index contributed by atoms with van der Waals surface area (Å²) in [6.45, 7) is 4.01. The zero-order valence-electron chi connectivity index (χ0n) is 14.2. The molecule has 0 saturated heterocycles. The average molecular weight is 322 g/mol. The van der Waals surface area contributed by atoms with E-state index in [2.05, 4.69) is 4.99 Å². The molecule has 4 saturated carbocycles. The molecule has 23 heavy (non-hydrogen) atoms. The molecule has 5 heteroatoms. The van der Waals surface area contributed by atoms with E-state index in [9.17, 15) is 9.59 Å². The molecule has 0 aromatic rings. The van der Waals surface area contributed by atoms with Crippen molar-refractivity contribution >= 4 is 18.2 Å². The van der Waals surface area contributed by atoms with Crippen molar-refractivity contribution in [2.75, 3.05) is 13.2 Å². The highest BCUT2D eigenvalue weighted by atomic mass is 16.6. The van der Waals surface area contributed by atoms with E-state index in [4.69, 9.17) is 9.47 Å². The number of carbonyl (C=O) groups is 2. The summed E-state index contributed by atoms with van der Waals surface area (Å²) in [5.74, 6) is 0.414. The third-order valence-electron chi connectivity index (χ3n) is 5.68. The van der Waals surface area contributed by atoms with Crippen molar-refractivity contribution in [3.8, 4) is 0 Å². The number of nitrogens with one attached hydrogen (secondary N) is 1. The summed E-state index contributed by atoms with van der Waals surface area (Å²) in [5.41, 5.74) is 0.0754. The fourth-order valence-corrected chi connectivity index (χ4v) is 5.24. The van der Waals surface area contributed by atoms with Gasteiger partial charge < -0.3 is 9.47 Å². The largest absolute Gasteiger partial charge is 0.465 e. The molecular formula is C18H28NO4+. The minimum atomic E-state index is -0.970. The van der Waals surface area contributed by atoms with Gasteiger partial charge in [-0.3, -0.25) is 9.59 Å². The van der Waals surface area contributed by atoms with Crippen molar-refractivity contribution in [2.45, 2.75) is 57.9 Å². The van der Waals surface area contributed by atoms with Crippen molar-refractivity contribution in [1.29, 1.82) is 0 Å². The Morgan fingerprint density at radius 2 is 1.43 bits per heavy atom. The first-order valence-electron chi connectivity index (χ1n) is 8.99. The highest BCUT2D eigenvalue weighted by Crippen LogP contribution is 2.53. The molecule has 1 N–H and O–H groups in total. The van der Waals surface area contributed by atoms with Gasteiger partial charge in [0.05, 0.1) is 13.2 Å². The van der Waals surface area contributed by atoms with Crippen LogP contribution >= 0.6 is 0 Å². The van der Waals surface area contributed by atoms with Gasteiger partial charge in [-0.2, -0.15) is 0 Å². The Morgan fingerprint density at radius 3 is 1.83 bits per heavy atom. The number of hydrogen-bond donors (Lipinski definition) is 1. The van der Waals surface area contributed by atoms with Crippen LogP contribution in [0.5, 0.6) is 0 Å². The van der Waals surface area contributed by atoms with Gasteiger partial charge in [0.1, 0.15) is 0 Å². The monoisotopic (exact) mass is 322 g/mol. The van der Waals surface area contributed by atoms with Crippen molar-refractivity contribution in [2.24, 2.45) is 23.7 Å². The molecule has 128 valence electrons. The number of carbonyl (C=O) groups excluding carboxylic acids is 2. The molecule has 0 aromatic heterocycles. The van der Waals surface area contributed by atoms with Crippen LogP contribution in [-0.4, -0.2) is 36.9 Å². The number of ether oxygens (including phenoxy) is 2. The highest BCUT2D eigenvalue weighted by Gasteiger charge is 2.54. The van der Waals surface area contributed by atoms with Gasteiger partial charge in [0.25, 0.3) is 0 Å². The third kappa shape index (κ3) is 3.43. The molecule has 0 spiro atoms. The van der Waals surface area contributed by atoms with E-state index < -0.39 is 17.9 Å². The highest BCUT2D eigenvalue weighted by molar-refractivity contribution is 6.07. The number of esters is 2. The molecule has 0 heterocycles. The molecule has 4 aliphatic rings. The van der Waals surface area contributed by atoms with Crippen LogP contribution in [0, 0.1) is 23.7 Å². The summed E-state index contributed by atoms with van der Waals surface area (Å²) in [4.78, 5) is 27.6. The molecule has 0 atom stereocenters. The number of rotatable bonds is 6. The van der Waals surface area contributed by atoms with Crippen LogP contribution in [0.25, 0.3) is 0 Å². The van der Waals surface area contributed by atoms with E-state index in [1.54, 1.807) is 20.1 Å². The standard InChI is InChI=1S/C18H27NO4/c1-3-22-16(20)15(17(21)23-4-2)11-19-18-8-12-5-13(9-18)7-14(6-12)10-18/h11-15H,3-10H2,1-2H3/p+1. The first-order valence-corrected chi connectivity index (χ1v) is 8.99. The topological polar surface area (TPSA) is 66.6 Å². The summed E-state index contributed by atoms with van der Waals surface area (Å²) in [6.07, 6.45) is 9.21. The summed E-state index contributed by atoms with van der Waals surface area (Å²) in [6, 6.07) is 0. The lowest BCUT2D eigenvalue weighted by molar-refractivity contribution is -0.572. The summed E-state index contributed by atoms with van der Waals surface area (Å²) < 4.78 is 10.1. The van der Waals surface area contributed by atoms with Crippen LogP contribution in [0.2, 0.25) is 0 Å². The smallest absolute Gasteiger partial charge is 0.330 e. The fraction of sp³-hybridized carbons (Fsp3) is 0.833. The molecule has 0 amide bonds. The Labute approximate surface area is 137 Å². The van der Waals surface area contributed by atoms with Crippen LogP contribution in [0.15, 0.2) is 0 Å².